The van der Waals surface area contributed by atoms with E-state index >= 15 is 0 Å². The monoisotopic (exact) mass is 448 g/mol. The number of carbonyl (C=O) groups is 4. The van der Waals surface area contributed by atoms with E-state index in [-0.39, 0.29) is 42.9 Å². The van der Waals surface area contributed by atoms with E-state index in [1.54, 1.807) is 12.1 Å². The largest absolute Gasteiger partial charge is 0.399 e. The average Bonchev–Trinajstić information content (AvgIpc) is 3.13. The number of amides is 4. The van der Waals surface area contributed by atoms with Crippen LogP contribution in [-0.2, 0) is 38.7 Å². The quantitative estimate of drug-likeness (QED) is 0.376. The number of fused-ring (bicyclic) bond motifs is 1. The number of nitrogens with one attached hydrogen (secondary N) is 2. The summed E-state index contributed by atoms with van der Waals surface area (Å²) in [5, 5.41) is 9.00. The molecule has 1 saturated heterocycles. The molecule has 2 aromatic carbocycles. The van der Waals surface area contributed by atoms with Crippen LogP contribution in [0, 0.1) is 0 Å². The highest BCUT2D eigenvalue weighted by Crippen LogP contribution is 2.28. The third-order valence-corrected chi connectivity index (χ3v) is 5.72. The molecule has 1 atom stereocenters. The molecule has 2 aliphatic heterocycles. The van der Waals surface area contributed by atoms with E-state index in [1.165, 1.54) is 12.0 Å². The lowest BCUT2D eigenvalue weighted by atomic mass is 10.0. The van der Waals surface area contributed by atoms with Gasteiger partial charge < -0.3 is 15.1 Å². The maximum atomic E-state index is 12.8. The van der Waals surface area contributed by atoms with Gasteiger partial charge in [0.05, 0.1) is 0 Å². The number of rotatable bonds is 7. The van der Waals surface area contributed by atoms with E-state index in [0.717, 1.165) is 16.7 Å². The summed E-state index contributed by atoms with van der Waals surface area (Å²) in [5.41, 5.74) is 3.32. The van der Waals surface area contributed by atoms with Crippen LogP contribution in [0.15, 0.2) is 53.7 Å². The van der Waals surface area contributed by atoms with Crippen molar-refractivity contribution in [1.29, 1.82) is 0 Å². The zero-order valence-corrected chi connectivity index (χ0v) is 18.2. The third kappa shape index (κ3) is 4.92. The topological polar surface area (TPSA) is 117 Å². The smallest absolute Gasteiger partial charge is 0.269 e. The van der Waals surface area contributed by atoms with E-state index in [0.29, 0.717) is 18.4 Å². The van der Waals surface area contributed by atoms with Gasteiger partial charge in [0.1, 0.15) is 18.9 Å². The second kappa shape index (κ2) is 9.64. The number of imide groups is 1. The SMILES string of the molecule is CO/N=C(\Cc1ccccc1)C(=O)NCc1ccc2c(c1)CN(C1CCC(=O)NC1=O)C2=O. The fourth-order valence-corrected chi connectivity index (χ4v) is 4.08. The fraction of sp³-hybridized carbons (Fsp3) is 0.292. The van der Waals surface area contributed by atoms with Crippen molar-refractivity contribution in [3.8, 4) is 0 Å². The van der Waals surface area contributed by atoms with Gasteiger partial charge in [-0.2, -0.15) is 0 Å². The summed E-state index contributed by atoms with van der Waals surface area (Å²) in [5.74, 6) is -1.33. The lowest BCUT2D eigenvalue weighted by molar-refractivity contribution is -0.137. The first-order chi connectivity index (χ1) is 16.0. The Morgan fingerprint density at radius 2 is 1.94 bits per heavy atom. The number of benzene rings is 2. The summed E-state index contributed by atoms with van der Waals surface area (Å²) >= 11 is 0. The van der Waals surface area contributed by atoms with Crippen molar-refractivity contribution in [3.63, 3.8) is 0 Å². The molecule has 0 saturated carbocycles. The van der Waals surface area contributed by atoms with Crippen molar-refractivity contribution in [1.82, 2.24) is 15.5 Å². The van der Waals surface area contributed by atoms with Crippen LogP contribution in [0.2, 0.25) is 0 Å². The molecule has 1 unspecified atom stereocenters. The van der Waals surface area contributed by atoms with Crippen molar-refractivity contribution < 1.29 is 24.0 Å². The predicted molar refractivity (Wildman–Crippen MR) is 119 cm³/mol. The normalized spacial score (nSPS) is 18.1. The Hall–Kier alpha value is -4.01. The zero-order valence-electron chi connectivity index (χ0n) is 18.2. The summed E-state index contributed by atoms with van der Waals surface area (Å²) in [6, 6.07) is 14.2. The van der Waals surface area contributed by atoms with Gasteiger partial charge >= 0.3 is 0 Å². The van der Waals surface area contributed by atoms with Crippen LogP contribution >= 0.6 is 0 Å². The van der Waals surface area contributed by atoms with Gasteiger partial charge in [-0.15, -0.1) is 0 Å². The Labute approximate surface area is 190 Å². The number of piperidine rings is 1. The Balaban J connectivity index is 1.40. The summed E-state index contributed by atoms with van der Waals surface area (Å²) in [6.45, 7) is 0.531. The number of hydrogen-bond donors (Lipinski definition) is 2. The van der Waals surface area contributed by atoms with Crippen molar-refractivity contribution in [3.05, 3.63) is 70.8 Å². The Morgan fingerprint density at radius 3 is 2.67 bits per heavy atom. The van der Waals surface area contributed by atoms with Gasteiger partial charge in [-0.3, -0.25) is 24.5 Å². The van der Waals surface area contributed by atoms with Crippen molar-refractivity contribution in [2.45, 2.75) is 38.4 Å². The predicted octanol–water partition coefficient (Wildman–Crippen LogP) is 1.31. The van der Waals surface area contributed by atoms with E-state index < -0.39 is 11.9 Å². The molecular formula is C24H24N4O5. The highest BCUT2D eigenvalue weighted by Gasteiger charge is 2.39. The Bertz CT molecular complexity index is 1130. The minimum Gasteiger partial charge on any atom is -0.399 e. The minimum atomic E-state index is -0.656. The molecule has 1 fully saturated rings. The standard InChI is InChI=1S/C24H24N4O5/c1-33-27-19(12-15-5-3-2-4-6-15)22(30)25-13-16-7-8-18-17(11-16)14-28(24(18)32)20-9-10-21(29)26-23(20)31/h2-8,11,20H,9-10,12-14H2,1H3,(H,25,30)(H,26,29,31)/b27-19+. The van der Waals surface area contributed by atoms with Gasteiger partial charge in [0, 0.05) is 31.5 Å². The molecule has 4 rings (SSSR count). The first-order valence-corrected chi connectivity index (χ1v) is 10.6. The molecule has 2 N–H and O–H groups in total. The molecule has 0 aliphatic carbocycles. The molecule has 2 heterocycles. The van der Waals surface area contributed by atoms with Crippen LogP contribution in [0.5, 0.6) is 0 Å². The molecule has 0 spiro atoms. The highest BCUT2D eigenvalue weighted by molar-refractivity contribution is 6.39. The van der Waals surface area contributed by atoms with Gasteiger partial charge in [0.2, 0.25) is 11.8 Å². The molecule has 0 aromatic heterocycles. The summed E-state index contributed by atoms with van der Waals surface area (Å²) in [7, 11) is 1.39. The molecule has 9 nitrogen and oxygen atoms in total. The molecule has 0 bridgehead atoms. The van der Waals surface area contributed by atoms with E-state index in [2.05, 4.69) is 15.8 Å². The van der Waals surface area contributed by atoms with Gasteiger partial charge in [0.15, 0.2) is 0 Å². The summed E-state index contributed by atoms with van der Waals surface area (Å²) < 4.78 is 0. The second-order valence-electron chi connectivity index (χ2n) is 7.96. The van der Waals surface area contributed by atoms with E-state index in [9.17, 15) is 19.2 Å². The van der Waals surface area contributed by atoms with Crippen LogP contribution in [0.3, 0.4) is 0 Å². The van der Waals surface area contributed by atoms with Crippen molar-refractivity contribution in [2.24, 2.45) is 5.16 Å². The Kier molecular flexibility index (Phi) is 6.48. The number of carbonyl (C=O) groups excluding carboxylic acids is 4. The van der Waals surface area contributed by atoms with Crippen molar-refractivity contribution in [2.75, 3.05) is 7.11 Å². The number of hydrogen-bond acceptors (Lipinski definition) is 6. The number of nitrogens with zero attached hydrogens (tertiary/aromatic N) is 2. The minimum absolute atomic E-state index is 0.210. The average molecular weight is 448 g/mol. The molecule has 0 radical (unpaired) electrons. The van der Waals surface area contributed by atoms with Gasteiger partial charge in [0.25, 0.3) is 11.8 Å². The maximum Gasteiger partial charge on any atom is 0.269 e. The fourth-order valence-electron chi connectivity index (χ4n) is 4.08. The van der Waals surface area contributed by atoms with Gasteiger partial charge in [-0.05, 0) is 29.2 Å². The highest BCUT2D eigenvalue weighted by atomic mass is 16.6. The lowest BCUT2D eigenvalue weighted by Crippen LogP contribution is -2.52. The molecule has 2 aliphatic rings. The number of oxime groups is 1. The van der Waals surface area contributed by atoms with Crippen LogP contribution in [-0.4, -0.2) is 47.4 Å². The van der Waals surface area contributed by atoms with Gasteiger partial charge in [-0.1, -0.05) is 47.6 Å². The van der Waals surface area contributed by atoms with Crippen LogP contribution in [0.4, 0.5) is 0 Å². The molecule has 170 valence electrons. The summed E-state index contributed by atoms with van der Waals surface area (Å²) in [6.07, 6.45) is 0.860. The van der Waals surface area contributed by atoms with Crippen molar-refractivity contribution >= 4 is 29.3 Å². The zero-order chi connectivity index (χ0) is 23.4. The third-order valence-electron chi connectivity index (χ3n) is 5.72. The second-order valence-corrected chi connectivity index (χ2v) is 7.96. The van der Waals surface area contributed by atoms with E-state index in [1.807, 2.05) is 36.4 Å². The van der Waals surface area contributed by atoms with Crippen LogP contribution in [0.25, 0.3) is 0 Å². The molecule has 9 heteroatoms. The molecular weight excluding hydrogens is 424 g/mol. The van der Waals surface area contributed by atoms with Crippen LogP contribution < -0.4 is 10.6 Å². The van der Waals surface area contributed by atoms with Gasteiger partial charge in [-0.25, -0.2) is 0 Å². The molecule has 2 aromatic rings. The van der Waals surface area contributed by atoms with Crippen LogP contribution in [0.1, 0.15) is 39.9 Å². The molecule has 33 heavy (non-hydrogen) atoms. The first-order valence-electron chi connectivity index (χ1n) is 10.6. The first kappa shape index (κ1) is 22.2. The summed E-state index contributed by atoms with van der Waals surface area (Å²) in [4.78, 5) is 55.4. The lowest BCUT2D eigenvalue weighted by Gasteiger charge is -2.29. The van der Waals surface area contributed by atoms with E-state index in [4.69, 9.17) is 4.84 Å². The Morgan fingerprint density at radius 1 is 1.15 bits per heavy atom. The maximum absolute atomic E-state index is 12.8. The molecule has 4 amide bonds.